The molecule has 1 saturated carbocycles. The number of hydrogen-bond acceptors (Lipinski definition) is 3. The van der Waals surface area contributed by atoms with Gasteiger partial charge >= 0.3 is 0 Å². The number of pyridine rings is 1. The molecule has 3 heteroatoms. The molecule has 2 rings (SSSR count). The molecule has 0 saturated heterocycles. The van der Waals surface area contributed by atoms with E-state index in [1.165, 1.54) is 36.1 Å². The van der Waals surface area contributed by atoms with Gasteiger partial charge in [0, 0.05) is 33.6 Å². The van der Waals surface area contributed by atoms with Crippen LogP contribution < -0.4 is 5.73 Å². The highest BCUT2D eigenvalue weighted by molar-refractivity contribution is 8.00. The normalized spacial score (nSPS) is 16.9. The largest absolute Gasteiger partial charge is 0.326 e. The van der Waals surface area contributed by atoms with Crippen LogP contribution in [-0.4, -0.2) is 10.2 Å². The van der Waals surface area contributed by atoms with Crippen LogP contribution in [0.2, 0.25) is 0 Å². The van der Waals surface area contributed by atoms with E-state index in [0.29, 0.717) is 6.54 Å². The van der Waals surface area contributed by atoms with E-state index >= 15 is 0 Å². The minimum atomic E-state index is 0.605. The second kappa shape index (κ2) is 5.19. The van der Waals surface area contributed by atoms with E-state index in [1.54, 1.807) is 0 Å². The third kappa shape index (κ3) is 2.58. The van der Waals surface area contributed by atoms with Crippen molar-refractivity contribution in [3.05, 3.63) is 23.0 Å². The van der Waals surface area contributed by atoms with Gasteiger partial charge in [-0.1, -0.05) is 12.8 Å². The number of nitrogens with zero attached hydrogens (tertiary/aromatic N) is 1. The molecule has 2 N–H and O–H groups in total. The smallest absolute Gasteiger partial charge is 0.0431 e. The van der Waals surface area contributed by atoms with Crippen LogP contribution in [0.5, 0.6) is 0 Å². The van der Waals surface area contributed by atoms with Crippen LogP contribution in [-0.2, 0) is 6.54 Å². The van der Waals surface area contributed by atoms with Gasteiger partial charge in [-0.2, -0.15) is 0 Å². The highest BCUT2D eigenvalue weighted by atomic mass is 32.2. The van der Waals surface area contributed by atoms with Crippen LogP contribution in [0.15, 0.2) is 11.0 Å². The van der Waals surface area contributed by atoms with Crippen molar-refractivity contribution >= 4 is 11.8 Å². The number of rotatable bonds is 3. The quantitative estimate of drug-likeness (QED) is 0.876. The van der Waals surface area contributed by atoms with E-state index in [4.69, 9.17) is 5.73 Å². The summed E-state index contributed by atoms with van der Waals surface area (Å²) in [7, 11) is 0. The molecular formula is C13H20N2S. The van der Waals surface area contributed by atoms with Crippen LogP contribution in [0, 0.1) is 13.8 Å². The highest BCUT2D eigenvalue weighted by Gasteiger charge is 2.18. The fourth-order valence-corrected chi connectivity index (χ4v) is 3.90. The van der Waals surface area contributed by atoms with Gasteiger partial charge < -0.3 is 5.73 Å². The van der Waals surface area contributed by atoms with E-state index in [9.17, 15) is 0 Å². The first-order valence-corrected chi connectivity index (χ1v) is 6.92. The molecule has 88 valence electrons. The zero-order chi connectivity index (χ0) is 11.5. The summed E-state index contributed by atoms with van der Waals surface area (Å²) in [5.41, 5.74) is 9.27. The molecule has 0 aliphatic heterocycles. The van der Waals surface area contributed by atoms with Crippen LogP contribution in [0.1, 0.15) is 42.6 Å². The molecule has 1 aromatic heterocycles. The Morgan fingerprint density at radius 3 is 2.69 bits per heavy atom. The van der Waals surface area contributed by atoms with Gasteiger partial charge in [0.05, 0.1) is 0 Å². The molecule has 16 heavy (non-hydrogen) atoms. The molecule has 1 aromatic rings. The molecule has 0 amide bonds. The maximum atomic E-state index is 5.82. The SMILES string of the molecule is Cc1cc(SC2CCCC2)c(CN)c(C)n1. The Labute approximate surface area is 102 Å². The first kappa shape index (κ1) is 11.9. The lowest BCUT2D eigenvalue weighted by atomic mass is 10.2. The second-order valence-corrected chi connectivity index (χ2v) is 5.90. The Balaban J connectivity index is 2.23. The summed E-state index contributed by atoms with van der Waals surface area (Å²) in [6.07, 6.45) is 5.49. The third-order valence-corrected chi connectivity index (χ3v) is 4.64. The molecule has 1 heterocycles. The molecular weight excluding hydrogens is 216 g/mol. The molecule has 1 aliphatic carbocycles. The number of nitrogens with two attached hydrogens (primary N) is 1. The summed E-state index contributed by atoms with van der Waals surface area (Å²) < 4.78 is 0. The van der Waals surface area contributed by atoms with Crippen molar-refractivity contribution in [3.8, 4) is 0 Å². The Bertz CT molecular complexity index is 370. The summed E-state index contributed by atoms with van der Waals surface area (Å²) in [6.45, 7) is 4.73. The first-order chi connectivity index (χ1) is 7.70. The van der Waals surface area contributed by atoms with Gasteiger partial charge in [0.2, 0.25) is 0 Å². The molecule has 2 nitrogen and oxygen atoms in total. The minimum Gasteiger partial charge on any atom is -0.326 e. The molecule has 0 bridgehead atoms. The van der Waals surface area contributed by atoms with E-state index in [-0.39, 0.29) is 0 Å². The molecule has 0 aromatic carbocycles. The summed E-state index contributed by atoms with van der Waals surface area (Å²) in [6, 6.07) is 2.19. The lowest BCUT2D eigenvalue weighted by molar-refractivity contribution is 0.886. The number of hydrogen-bond donors (Lipinski definition) is 1. The Morgan fingerprint density at radius 2 is 2.06 bits per heavy atom. The van der Waals surface area contributed by atoms with Gasteiger partial charge in [0.1, 0.15) is 0 Å². The van der Waals surface area contributed by atoms with Gasteiger partial charge in [0.15, 0.2) is 0 Å². The van der Waals surface area contributed by atoms with Crippen molar-refractivity contribution in [2.75, 3.05) is 0 Å². The summed E-state index contributed by atoms with van der Waals surface area (Å²) in [5, 5.41) is 0.798. The number of thioether (sulfide) groups is 1. The third-order valence-electron chi connectivity index (χ3n) is 3.22. The van der Waals surface area contributed by atoms with Crippen molar-refractivity contribution in [2.45, 2.75) is 56.2 Å². The number of aromatic nitrogens is 1. The summed E-state index contributed by atoms with van der Waals surface area (Å²) in [4.78, 5) is 5.85. The van der Waals surface area contributed by atoms with Crippen molar-refractivity contribution in [1.29, 1.82) is 0 Å². The van der Waals surface area contributed by atoms with E-state index in [1.807, 2.05) is 11.8 Å². The van der Waals surface area contributed by atoms with Gasteiger partial charge in [0.25, 0.3) is 0 Å². The Kier molecular flexibility index (Phi) is 3.87. The Morgan fingerprint density at radius 1 is 1.38 bits per heavy atom. The number of aryl methyl sites for hydroxylation is 2. The zero-order valence-corrected chi connectivity index (χ0v) is 10.9. The molecule has 1 fully saturated rings. The maximum Gasteiger partial charge on any atom is 0.0431 e. The lowest BCUT2D eigenvalue weighted by Gasteiger charge is -2.14. The van der Waals surface area contributed by atoms with Crippen molar-refractivity contribution < 1.29 is 0 Å². The molecule has 1 aliphatic rings. The predicted octanol–water partition coefficient (Wildman–Crippen LogP) is 3.19. The van der Waals surface area contributed by atoms with E-state index in [2.05, 4.69) is 24.9 Å². The average molecular weight is 236 g/mol. The fraction of sp³-hybridized carbons (Fsp3) is 0.615. The van der Waals surface area contributed by atoms with Gasteiger partial charge in [-0.25, -0.2) is 0 Å². The molecule has 0 atom stereocenters. The van der Waals surface area contributed by atoms with Crippen molar-refractivity contribution in [3.63, 3.8) is 0 Å². The molecule has 0 radical (unpaired) electrons. The standard InChI is InChI=1S/C13H20N2S/c1-9-7-13(12(8-14)10(2)15-9)16-11-5-3-4-6-11/h7,11H,3-6,8,14H2,1-2H3. The van der Waals surface area contributed by atoms with Crippen LogP contribution >= 0.6 is 11.8 Å². The van der Waals surface area contributed by atoms with Crippen LogP contribution in [0.25, 0.3) is 0 Å². The van der Waals surface area contributed by atoms with E-state index < -0.39 is 0 Å². The lowest BCUT2D eigenvalue weighted by Crippen LogP contribution is -2.06. The van der Waals surface area contributed by atoms with E-state index in [0.717, 1.165) is 16.6 Å². The van der Waals surface area contributed by atoms with Crippen molar-refractivity contribution in [2.24, 2.45) is 5.73 Å². The predicted molar refractivity (Wildman–Crippen MR) is 69.7 cm³/mol. The van der Waals surface area contributed by atoms with Crippen LogP contribution in [0.4, 0.5) is 0 Å². The van der Waals surface area contributed by atoms with Gasteiger partial charge in [-0.15, -0.1) is 11.8 Å². The van der Waals surface area contributed by atoms with Gasteiger partial charge in [-0.05, 0) is 32.8 Å². The first-order valence-electron chi connectivity index (χ1n) is 6.04. The molecule has 0 unspecified atom stereocenters. The fourth-order valence-electron chi connectivity index (χ4n) is 2.36. The average Bonchev–Trinajstić information content (AvgIpc) is 2.70. The van der Waals surface area contributed by atoms with Gasteiger partial charge in [-0.3, -0.25) is 4.98 Å². The second-order valence-electron chi connectivity index (χ2n) is 4.55. The zero-order valence-electron chi connectivity index (χ0n) is 10.1. The maximum absolute atomic E-state index is 5.82. The monoisotopic (exact) mass is 236 g/mol. The minimum absolute atomic E-state index is 0.605. The van der Waals surface area contributed by atoms with Crippen molar-refractivity contribution in [1.82, 2.24) is 4.98 Å². The summed E-state index contributed by atoms with van der Waals surface area (Å²) in [5.74, 6) is 0. The highest BCUT2D eigenvalue weighted by Crippen LogP contribution is 2.36. The van der Waals surface area contributed by atoms with Crippen LogP contribution in [0.3, 0.4) is 0 Å². The molecule has 0 spiro atoms. The Hall–Kier alpha value is -0.540. The summed E-state index contributed by atoms with van der Waals surface area (Å²) >= 11 is 2.01. The topological polar surface area (TPSA) is 38.9 Å².